The molecule has 0 radical (unpaired) electrons. The maximum absolute atomic E-state index is 12.3. The van der Waals surface area contributed by atoms with E-state index < -0.39 is 21.7 Å². The van der Waals surface area contributed by atoms with Crippen LogP contribution in [0.2, 0.25) is 0 Å². The molecule has 1 amide bonds. The van der Waals surface area contributed by atoms with E-state index in [9.17, 15) is 18.0 Å². The summed E-state index contributed by atoms with van der Waals surface area (Å²) >= 11 is 0. The Kier molecular flexibility index (Phi) is 5.08. The molecule has 1 aromatic heterocycles. The van der Waals surface area contributed by atoms with E-state index in [2.05, 4.69) is 0 Å². The van der Waals surface area contributed by atoms with Crippen LogP contribution < -0.4 is 0 Å². The minimum absolute atomic E-state index is 0.0540. The summed E-state index contributed by atoms with van der Waals surface area (Å²) in [6, 6.07) is 9.09. The monoisotopic (exact) mass is 351 g/mol. The summed E-state index contributed by atoms with van der Waals surface area (Å²) in [5, 5.41) is 8.86. The van der Waals surface area contributed by atoms with Crippen molar-refractivity contribution in [3.05, 3.63) is 59.0 Å². The Hall–Kier alpha value is -2.61. The van der Waals surface area contributed by atoms with Crippen molar-refractivity contribution in [3.8, 4) is 0 Å². The van der Waals surface area contributed by atoms with Gasteiger partial charge in [-0.25, -0.2) is 13.2 Å². The molecule has 2 aromatic rings. The molecule has 0 saturated carbocycles. The average molecular weight is 351 g/mol. The first-order valence-corrected chi connectivity index (χ1v) is 9.06. The number of aromatic carboxylic acids is 1. The zero-order valence-electron chi connectivity index (χ0n) is 13.2. The number of amides is 1. The van der Waals surface area contributed by atoms with E-state index in [-0.39, 0.29) is 29.4 Å². The third-order valence-electron chi connectivity index (χ3n) is 3.24. The first kappa shape index (κ1) is 17.7. The van der Waals surface area contributed by atoms with Gasteiger partial charge in [0.25, 0.3) is 5.91 Å². The van der Waals surface area contributed by atoms with Crippen LogP contribution in [0.15, 0.2) is 40.8 Å². The van der Waals surface area contributed by atoms with Crippen molar-refractivity contribution in [1.29, 1.82) is 0 Å². The lowest BCUT2D eigenvalue weighted by Crippen LogP contribution is -2.25. The fraction of sp³-hybridized carbons (Fsp3) is 0.250. The Labute approximate surface area is 139 Å². The molecule has 128 valence electrons. The largest absolute Gasteiger partial charge is 0.478 e. The van der Waals surface area contributed by atoms with Crippen molar-refractivity contribution >= 4 is 21.7 Å². The molecule has 1 heterocycles. The van der Waals surface area contributed by atoms with Gasteiger partial charge in [0.05, 0.1) is 5.56 Å². The molecule has 24 heavy (non-hydrogen) atoms. The standard InChI is InChI=1S/C16H17NO6S/c1-17(9-11-3-5-12(6-4-11)16(19)20)15(18)14-8-7-13(23-14)10-24(2,21)22/h3-8H,9-10H2,1-2H3,(H,19,20). The number of sulfone groups is 1. The van der Waals surface area contributed by atoms with Crippen LogP contribution in [0, 0.1) is 0 Å². The summed E-state index contributed by atoms with van der Waals surface area (Å²) in [7, 11) is -1.66. The lowest BCUT2D eigenvalue weighted by molar-refractivity contribution is 0.0695. The minimum atomic E-state index is -3.24. The molecule has 1 aromatic carbocycles. The van der Waals surface area contributed by atoms with Crippen LogP contribution >= 0.6 is 0 Å². The number of carboxylic acid groups (broad SMARTS) is 1. The number of carboxylic acids is 1. The van der Waals surface area contributed by atoms with Gasteiger partial charge in [-0.15, -0.1) is 0 Å². The van der Waals surface area contributed by atoms with Crippen molar-refractivity contribution in [2.45, 2.75) is 12.3 Å². The maximum Gasteiger partial charge on any atom is 0.335 e. The Morgan fingerprint density at radius 1 is 1.12 bits per heavy atom. The van der Waals surface area contributed by atoms with Crippen LogP contribution in [-0.2, 0) is 22.1 Å². The van der Waals surface area contributed by atoms with Crippen molar-refractivity contribution < 1.29 is 27.5 Å². The molecular formula is C16H17NO6S. The Balaban J connectivity index is 2.05. The van der Waals surface area contributed by atoms with E-state index in [0.717, 1.165) is 11.8 Å². The molecule has 0 saturated heterocycles. The first-order valence-electron chi connectivity index (χ1n) is 7.00. The van der Waals surface area contributed by atoms with Crippen LogP contribution in [0.1, 0.15) is 32.2 Å². The number of carbonyl (C=O) groups excluding carboxylic acids is 1. The van der Waals surface area contributed by atoms with Crippen molar-refractivity contribution in [3.63, 3.8) is 0 Å². The highest BCUT2D eigenvalue weighted by Crippen LogP contribution is 2.14. The molecule has 8 heteroatoms. The second kappa shape index (κ2) is 6.88. The SMILES string of the molecule is CN(Cc1ccc(C(=O)O)cc1)C(=O)c1ccc(CS(C)(=O)=O)o1. The van der Waals surface area contributed by atoms with Crippen LogP contribution in [0.25, 0.3) is 0 Å². The normalized spacial score (nSPS) is 11.2. The van der Waals surface area contributed by atoms with Crippen LogP contribution in [-0.4, -0.2) is 43.6 Å². The van der Waals surface area contributed by atoms with E-state index in [1.165, 1.54) is 29.2 Å². The summed E-state index contributed by atoms with van der Waals surface area (Å²) < 4.78 is 27.7. The highest BCUT2D eigenvalue weighted by atomic mass is 32.2. The fourth-order valence-electron chi connectivity index (χ4n) is 2.12. The van der Waals surface area contributed by atoms with Gasteiger partial charge in [-0.1, -0.05) is 12.1 Å². The van der Waals surface area contributed by atoms with Crippen LogP contribution in [0.5, 0.6) is 0 Å². The zero-order chi connectivity index (χ0) is 17.9. The lowest BCUT2D eigenvalue weighted by Gasteiger charge is -2.16. The first-order chi connectivity index (χ1) is 11.2. The summed E-state index contributed by atoms with van der Waals surface area (Å²) in [4.78, 5) is 24.5. The molecule has 0 fully saturated rings. The van der Waals surface area contributed by atoms with Crippen molar-refractivity contribution in [1.82, 2.24) is 4.90 Å². The third-order valence-corrected chi connectivity index (χ3v) is 4.05. The molecule has 0 spiro atoms. The maximum atomic E-state index is 12.3. The molecule has 0 aliphatic heterocycles. The minimum Gasteiger partial charge on any atom is -0.478 e. The lowest BCUT2D eigenvalue weighted by atomic mass is 10.1. The highest BCUT2D eigenvalue weighted by Gasteiger charge is 2.18. The summed E-state index contributed by atoms with van der Waals surface area (Å²) in [6.07, 6.45) is 1.09. The summed E-state index contributed by atoms with van der Waals surface area (Å²) in [5.74, 6) is -1.41. The van der Waals surface area contributed by atoms with Gasteiger partial charge in [-0.2, -0.15) is 0 Å². The van der Waals surface area contributed by atoms with Gasteiger partial charge in [-0.3, -0.25) is 4.79 Å². The van der Waals surface area contributed by atoms with E-state index in [1.807, 2.05) is 0 Å². The molecule has 0 unspecified atom stereocenters. The quantitative estimate of drug-likeness (QED) is 0.851. The Morgan fingerprint density at radius 2 is 1.75 bits per heavy atom. The zero-order valence-corrected chi connectivity index (χ0v) is 14.0. The van der Waals surface area contributed by atoms with E-state index in [4.69, 9.17) is 9.52 Å². The Bertz CT molecular complexity index is 851. The van der Waals surface area contributed by atoms with Gasteiger partial charge < -0.3 is 14.4 Å². The number of nitrogens with zero attached hydrogens (tertiary/aromatic N) is 1. The second-order valence-electron chi connectivity index (χ2n) is 5.50. The smallest absolute Gasteiger partial charge is 0.335 e. The Morgan fingerprint density at radius 3 is 2.29 bits per heavy atom. The van der Waals surface area contributed by atoms with Gasteiger partial charge in [0.15, 0.2) is 15.6 Å². The van der Waals surface area contributed by atoms with E-state index in [1.54, 1.807) is 19.2 Å². The molecular weight excluding hydrogens is 334 g/mol. The van der Waals surface area contributed by atoms with Gasteiger partial charge in [-0.05, 0) is 29.8 Å². The average Bonchev–Trinajstić information content (AvgIpc) is 2.93. The van der Waals surface area contributed by atoms with E-state index >= 15 is 0 Å². The highest BCUT2D eigenvalue weighted by molar-refractivity contribution is 7.89. The second-order valence-corrected chi connectivity index (χ2v) is 7.64. The molecule has 2 rings (SSSR count). The fourth-order valence-corrected chi connectivity index (χ4v) is 2.79. The van der Waals surface area contributed by atoms with Crippen molar-refractivity contribution in [2.24, 2.45) is 0 Å². The molecule has 0 atom stereocenters. The number of benzene rings is 1. The van der Waals surface area contributed by atoms with Gasteiger partial charge in [0.1, 0.15) is 11.5 Å². The number of carbonyl (C=O) groups is 2. The molecule has 0 bridgehead atoms. The van der Waals surface area contributed by atoms with Gasteiger partial charge in [0, 0.05) is 19.8 Å². The van der Waals surface area contributed by atoms with Crippen LogP contribution in [0.3, 0.4) is 0 Å². The predicted molar refractivity (Wildman–Crippen MR) is 86.5 cm³/mol. The number of hydrogen-bond acceptors (Lipinski definition) is 5. The van der Waals surface area contributed by atoms with Gasteiger partial charge in [0.2, 0.25) is 0 Å². The van der Waals surface area contributed by atoms with Crippen molar-refractivity contribution in [2.75, 3.05) is 13.3 Å². The number of rotatable bonds is 6. The molecule has 0 aliphatic carbocycles. The van der Waals surface area contributed by atoms with Gasteiger partial charge >= 0.3 is 5.97 Å². The van der Waals surface area contributed by atoms with E-state index in [0.29, 0.717) is 0 Å². The topological polar surface area (TPSA) is 105 Å². The molecule has 1 N–H and O–H groups in total. The molecule has 0 aliphatic rings. The predicted octanol–water partition coefficient (Wildman–Crippen LogP) is 1.79. The molecule has 7 nitrogen and oxygen atoms in total. The van der Waals surface area contributed by atoms with Crippen LogP contribution in [0.4, 0.5) is 0 Å². The summed E-state index contributed by atoms with van der Waals surface area (Å²) in [5.41, 5.74) is 0.933. The number of furan rings is 1. The number of hydrogen-bond donors (Lipinski definition) is 1. The third kappa shape index (κ3) is 4.69. The summed E-state index contributed by atoms with van der Waals surface area (Å²) in [6.45, 7) is 0.265.